The average Bonchev–Trinajstić information content (AvgIpc) is 2.89. The Morgan fingerprint density at radius 1 is 1.20 bits per heavy atom. The summed E-state index contributed by atoms with van der Waals surface area (Å²) in [4.78, 5) is 0. The van der Waals surface area contributed by atoms with Crippen molar-refractivity contribution in [1.82, 2.24) is 15.1 Å². The second kappa shape index (κ2) is 7.46. The second-order valence-electron chi connectivity index (χ2n) is 4.99. The van der Waals surface area contributed by atoms with Gasteiger partial charge in [0.2, 0.25) is 0 Å². The predicted molar refractivity (Wildman–Crippen MR) is 83.8 cm³/mol. The molecule has 0 aliphatic heterocycles. The second-order valence-corrected chi connectivity index (χ2v) is 5.43. The first kappa shape index (κ1) is 15.1. The van der Waals surface area contributed by atoms with E-state index in [0.717, 1.165) is 36.6 Å². The highest BCUT2D eigenvalue weighted by Crippen LogP contribution is 2.14. The number of halogens is 1. The highest BCUT2D eigenvalue weighted by Gasteiger charge is 2.07. The largest absolute Gasteiger partial charge is 0.307 e. The monoisotopic (exact) mass is 291 g/mol. The average molecular weight is 292 g/mol. The number of aromatic nitrogens is 2. The van der Waals surface area contributed by atoms with Gasteiger partial charge in [-0.25, -0.2) is 0 Å². The molecule has 0 saturated heterocycles. The third-order valence-electron chi connectivity index (χ3n) is 3.50. The fourth-order valence-electron chi connectivity index (χ4n) is 2.32. The molecule has 20 heavy (non-hydrogen) atoms. The highest BCUT2D eigenvalue weighted by molar-refractivity contribution is 6.30. The Labute approximate surface area is 126 Å². The summed E-state index contributed by atoms with van der Waals surface area (Å²) in [6.45, 7) is 5.98. The van der Waals surface area contributed by atoms with E-state index in [1.807, 2.05) is 18.2 Å². The Hall–Kier alpha value is -1.32. The molecule has 0 unspecified atom stereocenters. The van der Waals surface area contributed by atoms with Crippen LogP contribution in [-0.4, -0.2) is 9.78 Å². The SMILES string of the molecule is CCC(CC)n1ccc(CNCc2cccc(Cl)c2)n1. The Balaban J connectivity index is 1.85. The summed E-state index contributed by atoms with van der Waals surface area (Å²) >= 11 is 5.97. The van der Waals surface area contributed by atoms with Gasteiger partial charge in [0.25, 0.3) is 0 Å². The van der Waals surface area contributed by atoms with E-state index in [2.05, 4.69) is 47.3 Å². The lowest BCUT2D eigenvalue weighted by Crippen LogP contribution is -2.14. The van der Waals surface area contributed by atoms with Crippen LogP contribution in [0.3, 0.4) is 0 Å². The maximum Gasteiger partial charge on any atom is 0.0762 e. The molecule has 1 N–H and O–H groups in total. The summed E-state index contributed by atoms with van der Waals surface area (Å²) < 4.78 is 2.08. The van der Waals surface area contributed by atoms with Crippen molar-refractivity contribution < 1.29 is 0 Å². The number of nitrogens with zero attached hydrogens (tertiary/aromatic N) is 2. The van der Waals surface area contributed by atoms with Gasteiger partial charge in [-0.05, 0) is 36.6 Å². The maximum absolute atomic E-state index is 5.97. The molecule has 0 radical (unpaired) electrons. The standard InChI is InChI=1S/C16H22ClN3/c1-3-16(4-2)20-9-8-15(19-20)12-18-11-13-6-5-7-14(17)10-13/h5-10,16,18H,3-4,11-12H2,1-2H3. The van der Waals surface area contributed by atoms with Gasteiger partial charge < -0.3 is 5.32 Å². The summed E-state index contributed by atoms with van der Waals surface area (Å²) in [7, 11) is 0. The summed E-state index contributed by atoms with van der Waals surface area (Å²) in [5, 5.41) is 8.81. The molecular formula is C16H22ClN3. The summed E-state index contributed by atoms with van der Waals surface area (Å²) in [5.41, 5.74) is 2.27. The van der Waals surface area contributed by atoms with Crippen LogP contribution < -0.4 is 5.32 Å². The van der Waals surface area contributed by atoms with Crippen molar-refractivity contribution in [3.63, 3.8) is 0 Å². The number of hydrogen-bond donors (Lipinski definition) is 1. The zero-order valence-corrected chi connectivity index (χ0v) is 12.9. The third kappa shape index (κ3) is 4.09. The first-order valence-electron chi connectivity index (χ1n) is 7.22. The molecular weight excluding hydrogens is 270 g/mol. The van der Waals surface area contributed by atoms with Gasteiger partial charge in [0.05, 0.1) is 11.7 Å². The molecule has 0 amide bonds. The van der Waals surface area contributed by atoms with Crippen molar-refractivity contribution in [2.75, 3.05) is 0 Å². The van der Waals surface area contributed by atoms with Crippen LogP contribution in [0.2, 0.25) is 5.02 Å². The van der Waals surface area contributed by atoms with Gasteiger partial charge in [-0.15, -0.1) is 0 Å². The van der Waals surface area contributed by atoms with Gasteiger partial charge in [-0.3, -0.25) is 4.68 Å². The Morgan fingerprint density at radius 2 is 2.00 bits per heavy atom. The van der Waals surface area contributed by atoms with Crippen LogP contribution in [0.15, 0.2) is 36.5 Å². The molecule has 0 aliphatic rings. The summed E-state index contributed by atoms with van der Waals surface area (Å²) in [6.07, 6.45) is 4.31. The first-order chi connectivity index (χ1) is 9.72. The normalized spacial score (nSPS) is 11.2. The lowest BCUT2D eigenvalue weighted by Gasteiger charge is -2.12. The van der Waals surface area contributed by atoms with Crippen molar-refractivity contribution in [1.29, 1.82) is 0 Å². The van der Waals surface area contributed by atoms with E-state index < -0.39 is 0 Å². The minimum absolute atomic E-state index is 0.511. The molecule has 0 saturated carbocycles. The van der Waals surface area contributed by atoms with Gasteiger partial charge in [0.1, 0.15) is 0 Å². The minimum atomic E-state index is 0.511. The van der Waals surface area contributed by atoms with Crippen molar-refractivity contribution in [2.45, 2.75) is 45.8 Å². The van der Waals surface area contributed by atoms with Gasteiger partial charge in [0, 0.05) is 24.3 Å². The van der Waals surface area contributed by atoms with Crippen molar-refractivity contribution in [2.24, 2.45) is 0 Å². The van der Waals surface area contributed by atoms with Gasteiger partial charge in [-0.2, -0.15) is 5.10 Å². The van der Waals surface area contributed by atoms with Gasteiger partial charge in [-0.1, -0.05) is 37.6 Å². The zero-order valence-electron chi connectivity index (χ0n) is 12.1. The molecule has 2 aromatic rings. The van der Waals surface area contributed by atoms with E-state index in [4.69, 9.17) is 11.6 Å². The molecule has 0 bridgehead atoms. The minimum Gasteiger partial charge on any atom is -0.307 e. The molecule has 0 spiro atoms. The number of hydrogen-bond acceptors (Lipinski definition) is 2. The topological polar surface area (TPSA) is 29.9 Å². The van der Waals surface area contributed by atoms with Gasteiger partial charge in [0.15, 0.2) is 0 Å². The maximum atomic E-state index is 5.97. The van der Waals surface area contributed by atoms with Crippen molar-refractivity contribution in [3.8, 4) is 0 Å². The number of benzene rings is 1. The third-order valence-corrected chi connectivity index (χ3v) is 3.74. The number of nitrogens with one attached hydrogen (secondary N) is 1. The zero-order chi connectivity index (χ0) is 14.4. The molecule has 0 aliphatic carbocycles. The molecule has 2 rings (SSSR count). The lowest BCUT2D eigenvalue weighted by atomic mass is 10.2. The predicted octanol–water partition coefficient (Wildman–Crippen LogP) is 4.19. The summed E-state index contributed by atoms with van der Waals surface area (Å²) in [6, 6.07) is 10.5. The van der Waals surface area contributed by atoms with E-state index in [1.54, 1.807) is 0 Å². The van der Waals surface area contributed by atoms with Crippen LogP contribution in [0.4, 0.5) is 0 Å². The van der Waals surface area contributed by atoms with Crippen LogP contribution in [0, 0.1) is 0 Å². The smallest absolute Gasteiger partial charge is 0.0762 e. The molecule has 3 nitrogen and oxygen atoms in total. The van der Waals surface area contributed by atoms with Crippen LogP contribution in [0.1, 0.15) is 44.0 Å². The lowest BCUT2D eigenvalue weighted by molar-refractivity contribution is 0.424. The van der Waals surface area contributed by atoms with Crippen LogP contribution in [-0.2, 0) is 13.1 Å². The van der Waals surface area contributed by atoms with E-state index in [0.29, 0.717) is 6.04 Å². The first-order valence-corrected chi connectivity index (χ1v) is 7.60. The fraction of sp³-hybridized carbons (Fsp3) is 0.438. The van der Waals surface area contributed by atoms with Crippen LogP contribution >= 0.6 is 11.6 Å². The van der Waals surface area contributed by atoms with E-state index in [1.165, 1.54) is 5.56 Å². The molecule has 1 aromatic heterocycles. The molecule has 1 aromatic carbocycles. The molecule has 4 heteroatoms. The molecule has 1 heterocycles. The van der Waals surface area contributed by atoms with Crippen molar-refractivity contribution in [3.05, 3.63) is 52.8 Å². The Morgan fingerprint density at radius 3 is 2.70 bits per heavy atom. The van der Waals surface area contributed by atoms with Crippen molar-refractivity contribution >= 4 is 11.6 Å². The quantitative estimate of drug-likeness (QED) is 0.829. The van der Waals surface area contributed by atoms with Crippen LogP contribution in [0.5, 0.6) is 0 Å². The van der Waals surface area contributed by atoms with Gasteiger partial charge >= 0.3 is 0 Å². The summed E-state index contributed by atoms with van der Waals surface area (Å²) in [5.74, 6) is 0. The van der Waals surface area contributed by atoms with E-state index in [9.17, 15) is 0 Å². The molecule has 0 atom stereocenters. The highest BCUT2D eigenvalue weighted by atomic mass is 35.5. The Bertz CT molecular complexity index is 532. The van der Waals surface area contributed by atoms with E-state index in [-0.39, 0.29) is 0 Å². The van der Waals surface area contributed by atoms with E-state index >= 15 is 0 Å². The molecule has 108 valence electrons. The molecule has 0 fully saturated rings. The Kier molecular flexibility index (Phi) is 5.62. The fourth-order valence-corrected chi connectivity index (χ4v) is 2.53. The van der Waals surface area contributed by atoms with Crippen LogP contribution in [0.25, 0.3) is 0 Å². The number of rotatable bonds is 7.